The molecule has 0 saturated heterocycles. The lowest BCUT2D eigenvalue weighted by Gasteiger charge is -2.02. The summed E-state index contributed by atoms with van der Waals surface area (Å²) < 4.78 is 13.5. The highest BCUT2D eigenvalue weighted by Gasteiger charge is 2.24. The number of fused-ring (bicyclic) bond motifs is 1. The molecular weight excluding hydrogens is 217 g/mol. The number of nitrogens with one attached hydrogen (secondary N) is 1. The van der Waals surface area contributed by atoms with Gasteiger partial charge in [-0.15, -0.1) is 0 Å². The summed E-state index contributed by atoms with van der Waals surface area (Å²) in [5.74, 6) is -0.201. The van der Waals surface area contributed by atoms with Crippen LogP contribution in [0.4, 0.5) is 4.39 Å². The first-order chi connectivity index (χ1) is 8.24. The van der Waals surface area contributed by atoms with E-state index in [1.165, 1.54) is 6.07 Å². The zero-order valence-electron chi connectivity index (χ0n) is 9.50. The number of carbonyl (C=O) groups is 1. The Balaban J connectivity index is 1.84. The van der Waals surface area contributed by atoms with Crippen LogP contribution in [0.3, 0.4) is 0 Å². The SMILES string of the molecule is O=C(/C=C1\CCc2c(F)cccc21)NC1CC1. The van der Waals surface area contributed by atoms with Crippen LogP contribution >= 0.6 is 0 Å². The third-order valence-electron chi connectivity index (χ3n) is 3.34. The van der Waals surface area contributed by atoms with E-state index in [0.29, 0.717) is 12.5 Å². The van der Waals surface area contributed by atoms with Gasteiger partial charge in [-0.1, -0.05) is 12.1 Å². The van der Waals surface area contributed by atoms with E-state index in [1.807, 2.05) is 6.07 Å². The molecule has 0 heterocycles. The number of carbonyl (C=O) groups excluding carboxylic acids is 1. The summed E-state index contributed by atoms with van der Waals surface area (Å²) in [6.07, 6.45) is 5.25. The third-order valence-corrected chi connectivity index (χ3v) is 3.34. The average molecular weight is 231 g/mol. The van der Waals surface area contributed by atoms with Gasteiger partial charge in [-0.2, -0.15) is 0 Å². The van der Waals surface area contributed by atoms with Gasteiger partial charge in [0.2, 0.25) is 5.91 Å². The molecular formula is C14H14FNO. The number of benzene rings is 1. The minimum Gasteiger partial charge on any atom is -0.350 e. The van der Waals surface area contributed by atoms with Crippen LogP contribution in [-0.4, -0.2) is 11.9 Å². The third kappa shape index (κ3) is 2.09. The molecule has 2 nitrogen and oxygen atoms in total. The molecule has 1 amide bonds. The second-order valence-corrected chi connectivity index (χ2v) is 4.72. The second kappa shape index (κ2) is 3.99. The molecule has 0 aliphatic heterocycles. The van der Waals surface area contributed by atoms with Crippen molar-refractivity contribution in [2.45, 2.75) is 31.7 Å². The van der Waals surface area contributed by atoms with Gasteiger partial charge in [-0.05, 0) is 48.4 Å². The first-order valence-electron chi connectivity index (χ1n) is 6.03. The van der Waals surface area contributed by atoms with E-state index in [9.17, 15) is 9.18 Å². The van der Waals surface area contributed by atoms with Crippen molar-refractivity contribution < 1.29 is 9.18 Å². The molecule has 17 heavy (non-hydrogen) atoms. The lowest BCUT2D eigenvalue weighted by atomic mass is 10.1. The molecule has 2 aliphatic carbocycles. The Labute approximate surface area is 99.5 Å². The Morgan fingerprint density at radius 2 is 2.18 bits per heavy atom. The first kappa shape index (κ1) is 10.5. The van der Waals surface area contributed by atoms with Crippen LogP contribution in [-0.2, 0) is 11.2 Å². The fraction of sp³-hybridized carbons (Fsp3) is 0.357. The zero-order valence-corrected chi connectivity index (χ0v) is 9.50. The molecule has 1 aromatic rings. The number of amides is 1. The number of rotatable bonds is 2. The van der Waals surface area contributed by atoms with E-state index in [1.54, 1.807) is 12.1 Å². The Morgan fingerprint density at radius 3 is 2.94 bits per heavy atom. The molecule has 0 atom stereocenters. The predicted octanol–water partition coefficient (Wildman–Crippen LogP) is 2.43. The van der Waals surface area contributed by atoms with E-state index >= 15 is 0 Å². The lowest BCUT2D eigenvalue weighted by molar-refractivity contribution is -0.116. The number of allylic oxidation sites excluding steroid dienone is 1. The van der Waals surface area contributed by atoms with Gasteiger partial charge in [0.15, 0.2) is 0 Å². The zero-order chi connectivity index (χ0) is 11.8. The van der Waals surface area contributed by atoms with Crippen molar-refractivity contribution in [3.05, 3.63) is 41.2 Å². The molecule has 2 aliphatic rings. The molecule has 88 valence electrons. The predicted molar refractivity (Wildman–Crippen MR) is 63.9 cm³/mol. The summed E-state index contributed by atoms with van der Waals surface area (Å²) >= 11 is 0. The van der Waals surface area contributed by atoms with E-state index in [4.69, 9.17) is 0 Å². The van der Waals surface area contributed by atoms with Gasteiger partial charge in [0.25, 0.3) is 0 Å². The number of hydrogen-bond acceptors (Lipinski definition) is 1. The van der Waals surface area contributed by atoms with Crippen molar-refractivity contribution in [3.63, 3.8) is 0 Å². The van der Waals surface area contributed by atoms with Crippen LogP contribution in [0.2, 0.25) is 0 Å². The van der Waals surface area contributed by atoms with Crippen molar-refractivity contribution >= 4 is 11.5 Å². The molecule has 1 saturated carbocycles. The van der Waals surface area contributed by atoms with Gasteiger partial charge in [0.05, 0.1) is 0 Å². The summed E-state index contributed by atoms with van der Waals surface area (Å²) in [5.41, 5.74) is 2.60. The summed E-state index contributed by atoms with van der Waals surface area (Å²) in [4.78, 5) is 11.7. The van der Waals surface area contributed by atoms with Crippen molar-refractivity contribution in [1.29, 1.82) is 0 Å². The van der Waals surface area contributed by atoms with E-state index in [0.717, 1.165) is 36.0 Å². The van der Waals surface area contributed by atoms with Gasteiger partial charge >= 0.3 is 0 Å². The van der Waals surface area contributed by atoms with Gasteiger partial charge in [0, 0.05) is 12.1 Å². The molecule has 3 heteroatoms. The largest absolute Gasteiger partial charge is 0.350 e. The second-order valence-electron chi connectivity index (χ2n) is 4.72. The molecule has 0 bridgehead atoms. The van der Waals surface area contributed by atoms with Crippen LogP contribution in [0.15, 0.2) is 24.3 Å². The summed E-state index contributed by atoms with van der Waals surface area (Å²) in [6.45, 7) is 0. The normalized spacial score (nSPS) is 20.4. The molecule has 0 aromatic heterocycles. The maximum Gasteiger partial charge on any atom is 0.244 e. The molecule has 0 unspecified atom stereocenters. The van der Waals surface area contributed by atoms with Gasteiger partial charge in [0.1, 0.15) is 5.82 Å². The average Bonchev–Trinajstić information content (AvgIpc) is 3.00. The van der Waals surface area contributed by atoms with E-state index in [2.05, 4.69) is 5.32 Å². The first-order valence-corrected chi connectivity index (χ1v) is 6.03. The van der Waals surface area contributed by atoms with Crippen molar-refractivity contribution in [2.24, 2.45) is 0 Å². The Kier molecular flexibility index (Phi) is 2.46. The van der Waals surface area contributed by atoms with E-state index in [-0.39, 0.29) is 11.7 Å². The molecule has 0 radical (unpaired) electrons. The maximum atomic E-state index is 13.5. The molecule has 3 rings (SSSR count). The standard InChI is InChI=1S/C14H14FNO/c15-13-3-1-2-11-9(4-7-12(11)13)8-14(17)16-10-5-6-10/h1-3,8,10H,4-7H2,(H,16,17)/b9-8+. The van der Waals surface area contributed by atoms with Gasteiger partial charge < -0.3 is 5.32 Å². The number of halogens is 1. The van der Waals surface area contributed by atoms with Crippen LogP contribution in [0.1, 0.15) is 30.4 Å². The summed E-state index contributed by atoms with van der Waals surface area (Å²) in [7, 11) is 0. The highest BCUT2D eigenvalue weighted by atomic mass is 19.1. The van der Waals surface area contributed by atoms with Crippen molar-refractivity contribution in [1.82, 2.24) is 5.32 Å². The topological polar surface area (TPSA) is 29.1 Å². The van der Waals surface area contributed by atoms with Crippen LogP contribution < -0.4 is 5.32 Å². The van der Waals surface area contributed by atoms with Crippen molar-refractivity contribution in [2.75, 3.05) is 0 Å². The van der Waals surface area contributed by atoms with Gasteiger partial charge in [-0.25, -0.2) is 4.39 Å². The minimum atomic E-state index is -0.159. The maximum absolute atomic E-state index is 13.5. The van der Waals surface area contributed by atoms with Gasteiger partial charge in [-0.3, -0.25) is 4.79 Å². The minimum absolute atomic E-state index is 0.0420. The summed E-state index contributed by atoms with van der Waals surface area (Å²) in [5, 5.41) is 2.92. The molecule has 0 spiro atoms. The van der Waals surface area contributed by atoms with Crippen LogP contribution in [0.5, 0.6) is 0 Å². The number of hydrogen-bond donors (Lipinski definition) is 1. The van der Waals surface area contributed by atoms with Crippen LogP contribution in [0.25, 0.3) is 5.57 Å². The summed E-state index contributed by atoms with van der Waals surface area (Å²) in [6, 6.07) is 5.44. The van der Waals surface area contributed by atoms with Crippen molar-refractivity contribution in [3.8, 4) is 0 Å². The fourth-order valence-electron chi connectivity index (χ4n) is 2.29. The van der Waals surface area contributed by atoms with Crippen LogP contribution in [0, 0.1) is 5.82 Å². The highest BCUT2D eigenvalue weighted by Crippen LogP contribution is 2.33. The molecule has 1 aromatic carbocycles. The Morgan fingerprint density at radius 1 is 1.35 bits per heavy atom. The smallest absolute Gasteiger partial charge is 0.244 e. The quantitative estimate of drug-likeness (QED) is 0.778. The monoisotopic (exact) mass is 231 g/mol. The lowest BCUT2D eigenvalue weighted by Crippen LogP contribution is -2.23. The highest BCUT2D eigenvalue weighted by molar-refractivity contribution is 5.96. The molecule has 1 N–H and O–H groups in total. The fourth-order valence-corrected chi connectivity index (χ4v) is 2.29. The Bertz CT molecular complexity index is 503. The van der Waals surface area contributed by atoms with E-state index < -0.39 is 0 Å². The Hall–Kier alpha value is -1.64. The molecule has 1 fully saturated rings.